The largest absolute Gasteiger partial charge is 0.497 e. The van der Waals surface area contributed by atoms with Gasteiger partial charge in [-0.3, -0.25) is 4.79 Å². The van der Waals surface area contributed by atoms with Gasteiger partial charge in [-0.15, -0.1) is 0 Å². The number of rotatable bonds is 10. The first-order valence-electron chi connectivity index (χ1n) is 11.2. The summed E-state index contributed by atoms with van der Waals surface area (Å²) in [5.74, 6) is 0.259. The number of ether oxygens (including phenoxy) is 1. The highest BCUT2D eigenvalue weighted by Crippen LogP contribution is 2.25. The summed E-state index contributed by atoms with van der Waals surface area (Å²) in [4.78, 5) is 19.1. The zero-order valence-corrected chi connectivity index (χ0v) is 22.5. The van der Waals surface area contributed by atoms with Crippen molar-refractivity contribution in [3.05, 3.63) is 75.5 Å². The van der Waals surface area contributed by atoms with Crippen LogP contribution in [0.1, 0.15) is 42.4 Å². The summed E-state index contributed by atoms with van der Waals surface area (Å²) in [5.41, 5.74) is 1.56. The predicted octanol–water partition coefficient (Wildman–Crippen LogP) is 5.49. The number of carbonyl (C=O) groups is 1. The fourth-order valence-corrected chi connectivity index (χ4v) is 5.71. The summed E-state index contributed by atoms with van der Waals surface area (Å²) in [6.45, 7) is 6.87. The van der Waals surface area contributed by atoms with Crippen LogP contribution in [-0.4, -0.2) is 42.4 Å². The Hall–Kier alpha value is -2.55. The maximum Gasteiger partial charge on any atom is 0.255 e. The Morgan fingerprint density at radius 2 is 1.91 bits per heavy atom. The molecular formula is C25H29Cl2N3O4S. The van der Waals surface area contributed by atoms with E-state index < -0.39 is 9.84 Å². The fourth-order valence-electron chi connectivity index (χ4n) is 3.73. The molecule has 1 amide bonds. The molecule has 0 fully saturated rings. The van der Waals surface area contributed by atoms with E-state index in [9.17, 15) is 13.2 Å². The Bertz CT molecular complexity index is 1310. The second kappa shape index (κ2) is 11.5. The Kier molecular flexibility index (Phi) is 8.85. The van der Waals surface area contributed by atoms with E-state index in [1.165, 1.54) is 19.4 Å². The summed E-state index contributed by atoms with van der Waals surface area (Å²) >= 11 is 12.2. The van der Waals surface area contributed by atoms with Gasteiger partial charge in [0, 0.05) is 18.1 Å². The van der Waals surface area contributed by atoms with Gasteiger partial charge in [0.1, 0.15) is 5.75 Å². The molecule has 0 spiro atoms. The first kappa shape index (κ1) is 27.0. The van der Waals surface area contributed by atoms with Crippen LogP contribution in [0.25, 0.3) is 0 Å². The number of aromatic nitrogens is 2. The standard InChI is InChI=1S/C25H29Cl2N3O4S/c1-5-29(24(31)22-10-9-19(26)12-23(22)27)15-20-13-28-25(30(20)14-17(2)3)35(32,33)16-18-7-6-8-21(11-18)34-4/h6-13,17H,5,14-16H2,1-4H3. The van der Waals surface area contributed by atoms with E-state index in [2.05, 4.69) is 4.98 Å². The third-order valence-corrected chi connectivity index (χ3v) is 7.54. The van der Waals surface area contributed by atoms with E-state index >= 15 is 0 Å². The lowest BCUT2D eigenvalue weighted by molar-refractivity contribution is 0.0748. The lowest BCUT2D eigenvalue weighted by atomic mass is 10.2. The Labute approximate surface area is 216 Å². The van der Waals surface area contributed by atoms with E-state index in [1.807, 2.05) is 20.8 Å². The van der Waals surface area contributed by atoms with Crippen LogP contribution >= 0.6 is 23.2 Å². The van der Waals surface area contributed by atoms with Crippen molar-refractivity contribution in [1.82, 2.24) is 14.5 Å². The quantitative estimate of drug-likeness (QED) is 0.341. The van der Waals surface area contributed by atoms with Crippen LogP contribution in [0.2, 0.25) is 10.0 Å². The number of halogens is 2. The van der Waals surface area contributed by atoms with Gasteiger partial charge in [0.05, 0.1) is 41.9 Å². The monoisotopic (exact) mass is 537 g/mol. The molecule has 3 rings (SSSR count). The summed E-state index contributed by atoms with van der Waals surface area (Å²) in [6.07, 6.45) is 1.53. The average Bonchev–Trinajstić information content (AvgIpc) is 3.19. The topological polar surface area (TPSA) is 81.5 Å². The zero-order chi connectivity index (χ0) is 25.8. The molecule has 0 aliphatic rings. The lowest BCUT2D eigenvalue weighted by Gasteiger charge is -2.23. The van der Waals surface area contributed by atoms with Crippen molar-refractivity contribution in [3.8, 4) is 5.75 Å². The molecule has 0 aliphatic carbocycles. The van der Waals surface area contributed by atoms with E-state index in [0.717, 1.165) is 0 Å². The van der Waals surface area contributed by atoms with Crippen LogP contribution in [-0.2, 0) is 28.7 Å². The fraction of sp³-hybridized carbons (Fsp3) is 0.360. The lowest BCUT2D eigenvalue weighted by Crippen LogP contribution is -2.32. The van der Waals surface area contributed by atoms with Gasteiger partial charge in [-0.1, -0.05) is 49.2 Å². The Balaban J connectivity index is 1.94. The molecule has 0 atom stereocenters. The Morgan fingerprint density at radius 1 is 1.17 bits per heavy atom. The van der Waals surface area contributed by atoms with Gasteiger partial charge in [0.25, 0.3) is 5.91 Å². The van der Waals surface area contributed by atoms with Gasteiger partial charge >= 0.3 is 0 Å². The van der Waals surface area contributed by atoms with E-state index in [-0.39, 0.29) is 34.3 Å². The number of nitrogens with zero attached hydrogens (tertiary/aromatic N) is 3. The second-order valence-corrected chi connectivity index (χ2v) is 11.3. The molecule has 1 heterocycles. The van der Waals surface area contributed by atoms with Crippen molar-refractivity contribution in [3.63, 3.8) is 0 Å². The summed E-state index contributed by atoms with van der Waals surface area (Å²) in [5, 5.41) is 0.686. The maximum absolute atomic E-state index is 13.4. The molecule has 188 valence electrons. The number of methoxy groups -OCH3 is 1. The molecule has 7 nitrogen and oxygen atoms in total. The molecule has 10 heteroatoms. The van der Waals surface area contributed by atoms with Crippen molar-refractivity contribution in [2.24, 2.45) is 5.92 Å². The molecular weight excluding hydrogens is 509 g/mol. The van der Waals surface area contributed by atoms with Crippen molar-refractivity contribution in [1.29, 1.82) is 0 Å². The molecule has 35 heavy (non-hydrogen) atoms. The van der Waals surface area contributed by atoms with Crippen LogP contribution in [0.5, 0.6) is 5.75 Å². The molecule has 1 aromatic heterocycles. The number of sulfone groups is 1. The first-order chi connectivity index (χ1) is 16.6. The van der Waals surface area contributed by atoms with Crippen molar-refractivity contribution < 1.29 is 17.9 Å². The van der Waals surface area contributed by atoms with Gasteiger partial charge in [0.15, 0.2) is 0 Å². The number of hydrogen-bond donors (Lipinski definition) is 0. The SMILES string of the molecule is CCN(Cc1cnc(S(=O)(=O)Cc2cccc(OC)c2)n1CC(C)C)C(=O)c1ccc(Cl)cc1Cl. The van der Waals surface area contributed by atoms with Crippen molar-refractivity contribution >= 4 is 38.9 Å². The highest BCUT2D eigenvalue weighted by Gasteiger charge is 2.26. The molecule has 0 aliphatic heterocycles. The van der Waals surface area contributed by atoms with Crippen LogP contribution < -0.4 is 4.74 Å². The molecule has 0 bridgehead atoms. The maximum atomic E-state index is 13.4. The van der Waals surface area contributed by atoms with Crippen LogP contribution in [0, 0.1) is 5.92 Å². The number of imidazole rings is 1. The van der Waals surface area contributed by atoms with Gasteiger partial charge in [-0.25, -0.2) is 13.4 Å². The number of amides is 1. The summed E-state index contributed by atoms with van der Waals surface area (Å²) in [7, 11) is -2.23. The minimum absolute atomic E-state index is 0.0166. The molecule has 3 aromatic rings. The molecule has 0 radical (unpaired) electrons. The first-order valence-corrected chi connectivity index (χ1v) is 13.6. The zero-order valence-electron chi connectivity index (χ0n) is 20.2. The van der Waals surface area contributed by atoms with Crippen LogP contribution in [0.4, 0.5) is 0 Å². The molecule has 0 unspecified atom stereocenters. The van der Waals surface area contributed by atoms with Gasteiger partial charge in [-0.2, -0.15) is 0 Å². The van der Waals surface area contributed by atoms with Crippen molar-refractivity contribution in [2.45, 2.75) is 44.8 Å². The molecule has 2 aromatic carbocycles. The van der Waals surface area contributed by atoms with Gasteiger partial charge in [0.2, 0.25) is 15.0 Å². The third kappa shape index (κ3) is 6.57. The van der Waals surface area contributed by atoms with Crippen LogP contribution in [0.15, 0.2) is 53.8 Å². The van der Waals surface area contributed by atoms with Crippen LogP contribution in [0.3, 0.4) is 0 Å². The molecule has 0 saturated heterocycles. The minimum atomic E-state index is -3.76. The molecule has 0 saturated carbocycles. The predicted molar refractivity (Wildman–Crippen MR) is 138 cm³/mol. The smallest absolute Gasteiger partial charge is 0.255 e. The Morgan fingerprint density at radius 3 is 2.54 bits per heavy atom. The van der Waals surface area contributed by atoms with Gasteiger partial charge in [-0.05, 0) is 48.7 Å². The normalized spacial score (nSPS) is 11.6. The minimum Gasteiger partial charge on any atom is -0.497 e. The summed E-state index contributed by atoms with van der Waals surface area (Å²) < 4.78 is 33.6. The average molecular weight is 538 g/mol. The molecule has 0 N–H and O–H groups in total. The van der Waals surface area contributed by atoms with E-state index in [4.69, 9.17) is 27.9 Å². The second-order valence-electron chi connectivity index (χ2n) is 8.59. The highest BCUT2D eigenvalue weighted by molar-refractivity contribution is 7.90. The summed E-state index contributed by atoms with van der Waals surface area (Å²) in [6, 6.07) is 11.7. The third-order valence-electron chi connectivity index (χ3n) is 5.40. The van der Waals surface area contributed by atoms with E-state index in [0.29, 0.717) is 40.7 Å². The number of carbonyl (C=O) groups excluding carboxylic acids is 1. The van der Waals surface area contributed by atoms with Gasteiger partial charge < -0.3 is 14.2 Å². The van der Waals surface area contributed by atoms with E-state index in [1.54, 1.807) is 45.9 Å². The number of benzene rings is 2. The van der Waals surface area contributed by atoms with Crippen molar-refractivity contribution in [2.75, 3.05) is 13.7 Å². The number of hydrogen-bond acceptors (Lipinski definition) is 5. The highest BCUT2D eigenvalue weighted by atomic mass is 35.5.